The maximum Gasteiger partial charge on any atom is 0.259 e. The van der Waals surface area contributed by atoms with Crippen LogP contribution in [0.1, 0.15) is 6.92 Å². The minimum absolute atomic E-state index is 0.924. The molecule has 3 atom stereocenters. The summed E-state index contributed by atoms with van der Waals surface area (Å²) >= 11 is 0. The largest absolute Gasteiger partial charge is 0.383 e. The Hall–Kier alpha value is -0.150. The van der Waals surface area contributed by atoms with E-state index in [0.717, 1.165) is 13.0 Å². The quantitative estimate of drug-likeness (QED) is 0.410. The summed E-state index contributed by atoms with van der Waals surface area (Å²) in [6.07, 6.45) is 0.924. The zero-order valence-electron chi connectivity index (χ0n) is 5.64. The molecule has 0 saturated heterocycles. The maximum atomic E-state index is 10.8. The molecular formula is C5H11O4P. The van der Waals surface area contributed by atoms with Crippen LogP contribution in [0.25, 0.3) is 0 Å². The minimum Gasteiger partial charge on any atom is -0.383 e. The van der Waals surface area contributed by atoms with Crippen LogP contribution in [0.4, 0.5) is 0 Å². The van der Waals surface area contributed by atoms with Gasteiger partial charge in [-0.2, -0.15) is 0 Å². The SMILES string of the molecule is C=CC(O)P(=O)(O)C(C)O. The number of aliphatic hydroxyl groups is 2. The molecule has 10 heavy (non-hydrogen) atoms. The molecule has 0 aliphatic rings. The lowest BCUT2D eigenvalue weighted by Gasteiger charge is -2.16. The second-order valence-electron chi connectivity index (χ2n) is 1.95. The predicted molar refractivity (Wildman–Crippen MR) is 37.7 cm³/mol. The van der Waals surface area contributed by atoms with Gasteiger partial charge in [0.1, 0.15) is 5.85 Å². The van der Waals surface area contributed by atoms with Crippen LogP contribution in [0, 0.1) is 0 Å². The molecular weight excluding hydrogens is 155 g/mol. The fourth-order valence-corrected chi connectivity index (χ4v) is 1.12. The predicted octanol–water partition coefficient (Wildman–Crippen LogP) is 0.0995. The third kappa shape index (κ3) is 1.92. The molecule has 0 rings (SSSR count). The molecule has 3 unspecified atom stereocenters. The van der Waals surface area contributed by atoms with Gasteiger partial charge in [-0.3, -0.25) is 4.57 Å². The van der Waals surface area contributed by atoms with Gasteiger partial charge in [0.2, 0.25) is 0 Å². The van der Waals surface area contributed by atoms with Crippen molar-refractivity contribution in [1.82, 2.24) is 0 Å². The number of rotatable bonds is 3. The standard InChI is InChI=1S/C5H11O4P/c1-3-5(7)10(8,9)4(2)6/h3-7H,1H2,2H3,(H,8,9). The average molecular weight is 166 g/mol. The Bertz CT molecular complexity index is 165. The Morgan fingerprint density at radius 2 is 2.00 bits per heavy atom. The van der Waals surface area contributed by atoms with Crippen molar-refractivity contribution in [3.63, 3.8) is 0 Å². The van der Waals surface area contributed by atoms with E-state index in [1.165, 1.54) is 0 Å². The number of hydrogen-bond donors (Lipinski definition) is 3. The van der Waals surface area contributed by atoms with Crippen molar-refractivity contribution < 1.29 is 19.7 Å². The highest BCUT2D eigenvalue weighted by atomic mass is 31.2. The monoisotopic (exact) mass is 166 g/mol. The number of hydrogen-bond acceptors (Lipinski definition) is 3. The van der Waals surface area contributed by atoms with Crippen molar-refractivity contribution in [2.45, 2.75) is 18.6 Å². The highest BCUT2D eigenvalue weighted by Crippen LogP contribution is 2.48. The van der Waals surface area contributed by atoms with Crippen LogP contribution in [0.3, 0.4) is 0 Å². The summed E-state index contributed by atoms with van der Waals surface area (Å²) in [6, 6.07) is 0. The molecule has 0 bridgehead atoms. The molecule has 0 aromatic heterocycles. The maximum absolute atomic E-state index is 10.8. The first-order valence-corrected chi connectivity index (χ1v) is 4.53. The van der Waals surface area contributed by atoms with Crippen LogP contribution in [-0.4, -0.2) is 26.8 Å². The third-order valence-electron chi connectivity index (χ3n) is 1.13. The summed E-state index contributed by atoms with van der Waals surface area (Å²) in [7, 11) is -3.86. The van der Waals surface area contributed by atoms with E-state index in [1.807, 2.05) is 0 Å². The van der Waals surface area contributed by atoms with Crippen molar-refractivity contribution in [2.24, 2.45) is 0 Å². The molecule has 60 valence electrons. The topological polar surface area (TPSA) is 77.8 Å². The van der Waals surface area contributed by atoms with Gasteiger partial charge in [-0.05, 0) is 6.92 Å². The van der Waals surface area contributed by atoms with Crippen LogP contribution in [0.2, 0.25) is 0 Å². The lowest BCUT2D eigenvalue weighted by atomic mass is 10.7. The van der Waals surface area contributed by atoms with Crippen molar-refractivity contribution in [2.75, 3.05) is 0 Å². The first-order valence-electron chi connectivity index (χ1n) is 2.73. The van der Waals surface area contributed by atoms with E-state index in [2.05, 4.69) is 6.58 Å². The molecule has 0 aliphatic heterocycles. The first kappa shape index (κ1) is 9.85. The lowest BCUT2D eigenvalue weighted by molar-refractivity contribution is 0.213. The van der Waals surface area contributed by atoms with E-state index in [4.69, 9.17) is 15.1 Å². The molecule has 0 saturated carbocycles. The number of aliphatic hydroxyl groups excluding tert-OH is 2. The molecule has 0 amide bonds. The van der Waals surface area contributed by atoms with Crippen molar-refractivity contribution in [3.8, 4) is 0 Å². The second kappa shape index (κ2) is 3.30. The van der Waals surface area contributed by atoms with Crippen molar-refractivity contribution in [1.29, 1.82) is 0 Å². The van der Waals surface area contributed by atoms with E-state index in [9.17, 15) is 4.57 Å². The van der Waals surface area contributed by atoms with Crippen LogP contribution in [0.5, 0.6) is 0 Å². The minimum atomic E-state index is -3.86. The van der Waals surface area contributed by atoms with E-state index >= 15 is 0 Å². The van der Waals surface area contributed by atoms with Crippen LogP contribution < -0.4 is 0 Å². The summed E-state index contributed by atoms with van der Waals surface area (Å²) in [5.74, 6) is -2.95. The van der Waals surface area contributed by atoms with Gasteiger partial charge in [0.25, 0.3) is 7.37 Å². The molecule has 3 N–H and O–H groups in total. The molecule has 0 aromatic rings. The van der Waals surface area contributed by atoms with Gasteiger partial charge in [-0.15, -0.1) is 0 Å². The van der Waals surface area contributed by atoms with Crippen molar-refractivity contribution >= 4 is 7.37 Å². The molecule has 0 heterocycles. The Kier molecular flexibility index (Phi) is 3.25. The van der Waals surface area contributed by atoms with Gasteiger partial charge in [-0.1, -0.05) is 12.7 Å². The van der Waals surface area contributed by atoms with Gasteiger partial charge in [0.15, 0.2) is 5.85 Å². The van der Waals surface area contributed by atoms with Gasteiger partial charge >= 0.3 is 0 Å². The Labute approximate surface area is 59.3 Å². The van der Waals surface area contributed by atoms with Gasteiger partial charge in [0, 0.05) is 0 Å². The highest BCUT2D eigenvalue weighted by Gasteiger charge is 2.31. The lowest BCUT2D eigenvalue weighted by Crippen LogP contribution is -2.12. The smallest absolute Gasteiger partial charge is 0.259 e. The normalized spacial score (nSPS) is 22.8. The van der Waals surface area contributed by atoms with E-state index in [0.29, 0.717) is 0 Å². The summed E-state index contributed by atoms with van der Waals surface area (Å²) < 4.78 is 10.8. The van der Waals surface area contributed by atoms with Gasteiger partial charge in [0.05, 0.1) is 0 Å². The van der Waals surface area contributed by atoms with Gasteiger partial charge in [-0.25, -0.2) is 0 Å². The average Bonchev–Trinajstić information content (AvgIpc) is 1.86. The zero-order valence-corrected chi connectivity index (χ0v) is 6.53. The molecule has 4 nitrogen and oxygen atoms in total. The Morgan fingerprint density at radius 1 is 1.60 bits per heavy atom. The van der Waals surface area contributed by atoms with Crippen LogP contribution >= 0.6 is 7.37 Å². The third-order valence-corrected chi connectivity index (χ3v) is 3.16. The second-order valence-corrected chi connectivity index (χ2v) is 4.58. The van der Waals surface area contributed by atoms with E-state index in [-0.39, 0.29) is 0 Å². The Morgan fingerprint density at radius 3 is 2.10 bits per heavy atom. The summed E-state index contributed by atoms with van der Waals surface area (Å²) in [4.78, 5) is 8.84. The molecule has 0 fully saturated rings. The zero-order chi connectivity index (χ0) is 8.36. The highest BCUT2D eigenvalue weighted by molar-refractivity contribution is 7.59. The van der Waals surface area contributed by atoms with Crippen LogP contribution in [-0.2, 0) is 4.57 Å². The van der Waals surface area contributed by atoms with Gasteiger partial charge < -0.3 is 15.1 Å². The summed E-state index contributed by atoms with van der Waals surface area (Å²) in [5, 5.41) is 17.4. The fraction of sp³-hybridized carbons (Fsp3) is 0.600. The summed E-state index contributed by atoms with van der Waals surface area (Å²) in [6.45, 7) is 4.26. The van der Waals surface area contributed by atoms with E-state index in [1.54, 1.807) is 0 Å². The first-order chi connectivity index (χ1) is 4.42. The Balaban J connectivity index is 4.40. The molecule has 0 radical (unpaired) electrons. The molecule has 0 aliphatic carbocycles. The molecule has 5 heteroatoms. The van der Waals surface area contributed by atoms with Crippen LogP contribution in [0.15, 0.2) is 12.7 Å². The molecule has 0 spiro atoms. The fourth-order valence-electron chi connectivity index (χ4n) is 0.372. The van der Waals surface area contributed by atoms with Crippen molar-refractivity contribution in [3.05, 3.63) is 12.7 Å². The summed E-state index contributed by atoms with van der Waals surface area (Å²) in [5.41, 5.74) is 0. The van der Waals surface area contributed by atoms with E-state index < -0.39 is 19.1 Å². The molecule has 0 aromatic carbocycles.